The number of ether oxygens (including phenoxy) is 1. The number of methoxy groups -OCH3 is 1. The van der Waals surface area contributed by atoms with E-state index < -0.39 is 10.9 Å². The fourth-order valence-electron chi connectivity index (χ4n) is 2.03. The molecular formula is C14H15N3O4. The summed E-state index contributed by atoms with van der Waals surface area (Å²) in [4.78, 5) is 22.1. The predicted octanol–water partition coefficient (Wildman–Crippen LogP) is 2.65. The second kappa shape index (κ2) is 6.17. The molecule has 1 heterocycles. The van der Waals surface area contributed by atoms with Crippen LogP contribution in [-0.2, 0) is 11.3 Å². The third-order valence-corrected chi connectivity index (χ3v) is 3.02. The molecule has 0 aliphatic rings. The summed E-state index contributed by atoms with van der Waals surface area (Å²) in [5, 5.41) is 15.0. The number of nitro groups is 1. The molecule has 7 heteroatoms. The number of carbonyl (C=O) groups excluding carboxylic acids is 1. The molecular weight excluding hydrogens is 274 g/mol. The van der Waals surface area contributed by atoms with Gasteiger partial charge in [-0.1, -0.05) is 6.92 Å². The summed E-state index contributed by atoms with van der Waals surface area (Å²) in [7, 11) is 1.24. The predicted molar refractivity (Wildman–Crippen MR) is 75.9 cm³/mol. The van der Waals surface area contributed by atoms with Crippen LogP contribution in [-0.4, -0.2) is 27.8 Å². The Labute approximate surface area is 121 Å². The van der Waals surface area contributed by atoms with Crippen molar-refractivity contribution in [3.63, 3.8) is 0 Å². The van der Waals surface area contributed by atoms with Gasteiger partial charge in [0.15, 0.2) is 0 Å². The van der Waals surface area contributed by atoms with E-state index in [2.05, 4.69) is 5.10 Å². The number of benzene rings is 1. The van der Waals surface area contributed by atoms with Crippen molar-refractivity contribution >= 4 is 11.7 Å². The number of non-ortho nitro benzene ring substituents is 1. The summed E-state index contributed by atoms with van der Waals surface area (Å²) in [6.45, 7) is 2.80. The summed E-state index contributed by atoms with van der Waals surface area (Å²) in [6.07, 6.45) is 4.37. The van der Waals surface area contributed by atoms with Crippen LogP contribution in [0.1, 0.15) is 23.7 Å². The van der Waals surface area contributed by atoms with Crippen molar-refractivity contribution in [1.82, 2.24) is 9.78 Å². The zero-order chi connectivity index (χ0) is 15.4. The number of nitro benzene ring substituents is 1. The molecule has 0 bridgehead atoms. The lowest BCUT2D eigenvalue weighted by molar-refractivity contribution is -0.384. The SMILES string of the molecule is CCCn1cc(-c2ccc([N+](=O)[O-])cc2C(=O)OC)cn1. The molecule has 0 saturated heterocycles. The van der Waals surface area contributed by atoms with Crippen molar-refractivity contribution in [1.29, 1.82) is 0 Å². The van der Waals surface area contributed by atoms with Crippen LogP contribution in [0.3, 0.4) is 0 Å². The van der Waals surface area contributed by atoms with Gasteiger partial charge in [0, 0.05) is 30.4 Å². The summed E-state index contributed by atoms with van der Waals surface area (Å²) < 4.78 is 6.46. The first-order valence-electron chi connectivity index (χ1n) is 6.46. The summed E-state index contributed by atoms with van der Waals surface area (Å²) in [5.74, 6) is -0.614. The van der Waals surface area contributed by atoms with Gasteiger partial charge in [-0.25, -0.2) is 4.79 Å². The normalized spacial score (nSPS) is 10.4. The molecule has 0 N–H and O–H groups in total. The molecule has 0 aliphatic carbocycles. The van der Waals surface area contributed by atoms with E-state index in [0.717, 1.165) is 18.5 Å². The summed E-state index contributed by atoms with van der Waals surface area (Å²) >= 11 is 0. The smallest absolute Gasteiger partial charge is 0.338 e. The van der Waals surface area contributed by atoms with Gasteiger partial charge < -0.3 is 4.74 Å². The van der Waals surface area contributed by atoms with Gasteiger partial charge in [-0.15, -0.1) is 0 Å². The number of aromatic nitrogens is 2. The molecule has 0 spiro atoms. The summed E-state index contributed by atoms with van der Waals surface area (Å²) in [6, 6.07) is 4.12. The number of carbonyl (C=O) groups is 1. The minimum atomic E-state index is -0.614. The van der Waals surface area contributed by atoms with E-state index in [-0.39, 0.29) is 11.3 Å². The van der Waals surface area contributed by atoms with E-state index in [9.17, 15) is 14.9 Å². The fraction of sp³-hybridized carbons (Fsp3) is 0.286. The lowest BCUT2D eigenvalue weighted by Crippen LogP contribution is -2.04. The molecule has 1 aromatic heterocycles. The zero-order valence-electron chi connectivity index (χ0n) is 11.8. The Morgan fingerprint density at radius 3 is 2.86 bits per heavy atom. The van der Waals surface area contributed by atoms with Crippen LogP contribution in [0, 0.1) is 10.1 Å². The van der Waals surface area contributed by atoms with Crippen LogP contribution in [0.5, 0.6) is 0 Å². The second-order valence-electron chi connectivity index (χ2n) is 4.47. The van der Waals surface area contributed by atoms with E-state index in [1.165, 1.54) is 25.3 Å². The van der Waals surface area contributed by atoms with Crippen molar-refractivity contribution in [3.8, 4) is 11.1 Å². The lowest BCUT2D eigenvalue weighted by Gasteiger charge is -2.06. The number of rotatable bonds is 5. The monoisotopic (exact) mass is 289 g/mol. The zero-order valence-corrected chi connectivity index (χ0v) is 11.8. The number of hydrogen-bond acceptors (Lipinski definition) is 5. The number of esters is 1. The van der Waals surface area contributed by atoms with Gasteiger partial charge in [0.25, 0.3) is 5.69 Å². The minimum absolute atomic E-state index is 0.153. The van der Waals surface area contributed by atoms with Crippen LogP contribution >= 0.6 is 0 Å². The molecule has 2 rings (SSSR count). The molecule has 0 fully saturated rings. The van der Waals surface area contributed by atoms with Crippen LogP contribution in [0.4, 0.5) is 5.69 Å². The van der Waals surface area contributed by atoms with Crippen molar-refractivity contribution < 1.29 is 14.5 Å². The van der Waals surface area contributed by atoms with E-state index in [1.807, 2.05) is 6.92 Å². The van der Waals surface area contributed by atoms with Gasteiger partial charge in [-0.05, 0) is 18.1 Å². The van der Waals surface area contributed by atoms with E-state index in [0.29, 0.717) is 5.56 Å². The standard InChI is InChI=1S/C14H15N3O4/c1-3-6-16-9-10(8-15-16)12-5-4-11(17(19)20)7-13(12)14(18)21-2/h4-5,7-9H,3,6H2,1-2H3. The van der Waals surface area contributed by atoms with Crippen molar-refractivity contribution in [3.05, 3.63) is 46.3 Å². The third-order valence-electron chi connectivity index (χ3n) is 3.02. The van der Waals surface area contributed by atoms with E-state index in [4.69, 9.17) is 4.74 Å². The maximum absolute atomic E-state index is 11.8. The number of nitrogens with zero attached hydrogens (tertiary/aromatic N) is 3. The van der Waals surface area contributed by atoms with Crippen LogP contribution in [0.15, 0.2) is 30.6 Å². The highest BCUT2D eigenvalue weighted by Crippen LogP contribution is 2.27. The highest BCUT2D eigenvalue weighted by Gasteiger charge is 2.19. The molecule has 7 nitrogen and oxygen atoms in total. The first-order valence-corrected chi connectivity index (χ1v) is 6.46. The highest BCUT2D eigenvalue weighted by molar-refractivity contribution is 5.97. The Morgan fingerprint density at radius 2 is 2.24 bits per heavy atom. The van der Waals surface area contributed by atoms with Gasteiger partial charge in [-0.2, -0.15) is 5.10 Å². The number of hydrogen-bond donors (Lipinski definition) is 0. The Morgan fingerprint density at radius 1 is 1.48 bits per heavy atom. The molecule has 2 aromatic rings. The molecule has 0 saturated carbocycles. The largest absolute Gasteiger partial charge is 0.465 e. The first kappa shape index (κ1) is 14.7. The average Bonchev–Trinajstić information content (AvgIpc) is 2.94. The Balaban J connectivity index is 2.50. The molecule has 110 valence electrons. The van der Waals surface area contributed by atoms with E-state index >= 15 is 0 Å². The second-order valence-corrected chi connectivity index (χ2v) is 4.47. The minimum Gasteiger partial charge on any atom is -0.465 e. The van der Waals surface area contributed by atoms with Gasteiger partial charge >= 0.3 is 5.97 Å². The quantitative estimate of drug-likeness (QED) is 0.479. The molecule has 21 heavy (non-hydrogen) atoms. The van der Waals surface area contributed by atoms with Crippen molar-refractivity contribution in [2.45, 2.75) is 19.9 Å². The Bertz CT molecular complexity index is 679. The van der Waals surface area contributed by atoms with Crippen LogP contribution in [0.2, 0.25) is 0 Å². The van der Waals surface area contributed by atoms with Gasteiger partial charge in [0.05, 0.1) is 23.8 Å². The van der Waals surface area contributed by atoms with Crippen LogP contribution < -0.4 is 0 Å². The molecule has 0 aliphatic heterocycles. The average molecular weight is 289 g/mol. The van der Waals surface area contributed by atoms with Crippen LogP contribution in [0.25, 0.3) is 11.1 Å². The molecule has 0 unspecified atom stereocenters. The maximum atomic E-state index is 11.8. The lowest BCUT2D eigenvalue weighted by atomic mass is 10.0. The van der Waals surface area contributed by atoms with Gasteiger partial charge in [-0.3, -0.25) is 14.8 Å². The van der Waals surface area contributed by atoms with E-state index in [1.54, 1.807) is 17.1 Å². The third kappa shape index (κ3) is 3.07. The van der Waals surface area contributed by atoms with Crippen molar-refractivity contribution in [2.75, 3.05) is 7.11 Å². The van der Waals surface area contributed by atoms with Gasteiger partial charge in [0.1, 0.15) is 0 Å². The first-order chi connectivity index (χ1) is 10.1. The summed E-state index contributed by atoms with van der Waals surface area (Å²) in [5.41, 5.74) is 1.29. The Hall–Kier alpha value is -2.70. The molecule has 0 atom stereocenters. The van der Waals surface area contributed by atoms with Gasteiger partial charge in [0.2, 0.25) is 0 Å². The molecule has 0 radical (unpaired) electrons. The topological polar surface area (TPSA) is 87.3 Å². The maximum Gasteiger partial charge on any atom is 0.338 e. The number of aryl methyl sites for hydroxylation is 1. The van der Waals surface area contributed by atoms with Crippen molar-refractivity contribution in [2.24, 2.45) is 0 Å². The fourth-order valence-corrected chi connectivity index (χ4v) is 2.03. The highest BCUT2D eigenvalue weighted by atomic mass is 16.6. The molecule has 0 amide bonds. The Kier molecular flexibility index (Phi) is 4.32. The molecule has 1 aromatic carbocycles.